The Morgan fingerprint density at radius 1 is 1.35 bits per heavy atom. The number of nitrogens with zero attached hydrogens (tertiary/aromatic N) is 3. The second kappa shape index (κ2) is 7.74. The molecule has 5 nitrogen and oxygen atoms in total. The minimum atomic E-state index is -2.65. The van der Waals surface area contributed by atoms with Crippen molar-refractivity contribution in [2.24, 2.45) is 7.05 Å². The van der Waals surface area contributed by atoms with Crippen LogP contribution in [-0.4, -0.2) is 27.2 Å². The zero-order chi connectivity index (χ0) is 18.7. The summed E-state index contributed by atoms with van der Waals surface area (Å²) in [6, 6.07) is 5.71. The van der Waals surface area contributed by atoms with E-state index >= 15 is 0 Å². The highest BCUT2D eigenvalue weighted by molar-refractivity contribution is 7.11. The van der Waals surface area contributed by atoms with Crippen LogP contribution in [0.15, 0.2) is 36.0 Å². The quantitative estimate of drug-likeness (QED) is 0.713. The number of amides is 1. The number of carbonyl (C=O) groups is 1. The molecule has 136 valence electrons. The topological polar surface area (TPSA) is 59.8 Å². The maximum Gasteiger partial charge on any atom is 0.282 e. The van der Waals surface area contributed by atoms with Crippen molar-refractivity contribution in [2.45, 2.75) is 19.8 Å². The van der Waals surface area contributed by atoms with Gasteiger partial charge in [0.2, 0.25) is 0 Å². The normalized spacial score (nSPS) is 11.1. The average molecular weight is 376 g/mol. The second-order valence-corrected chi connectivity index (χ2v) is 6.80. The maximum atomic E-state index is 13.3. The number of nitrogens with one attached hydrogen (secondary N) is 1. The lowest BCUT2D eigenvalue weighted by Crippen LogP contribution is -2.25. The Labute approximate surface area is 153 Å². The van der Waals surface area contributed by atoms with Crippen molar-refractivity contribution in [3.05, 3.63) is 57.8 Å². The van der Waals surface area contributed by atoms with Gasteiger partial charge < -0.3 is 5.32 Å². The number of aromatic nitrogens is 3. The first-order valence-corrected chi connectivity index (χ1v) is 8.93. The number of aryl methyl sites for hydroxylation is 2. The van der Waals surface area contributed by atoms with Gasteiger partial charge in [0.1, 0.15) is 5.69 Å². The lowest BCUT2D eigenvalue weighted by molar-refractivity contribution is 0.0953. The van der Waals surface area contributed by atoms with E-state index in [-0.39, 0.29) is 11.6 Å². The lowest BCUT2D eigenvalue weighted by atomic mass is 9.96. The third kappa shape index (κ3) is 3.96. The van der Waals surface area contributed by atoms with Crippen LogP contribution in [0.3, 0.4) is 0 Å². The molecule has 3 rings (SSSR count). The van der Waals surface area contributed by atoms with Gasteiger partial charge in [0, 0.05) is 36.9 Å². The van der Waals surface area contributed by atoms with E-state index in [9.17, 15) is 13.6 Å². The highest BCUT2D eigenvalue weighted by Crippen LogP contribution is 2.33. The van der Waals surface area contributed by atoms with Gasteiger partial charge in [-0.3, -0.25) is 9.48 Å². The summed E-state index contributed by atoms with van der Waals surface area (Å²) in [7, 11) is 1.62. The number of hydrogen-bond acceptors (Lipinski definition) is 4. The molecule has 0 aliphatic heterocycles. The van der Waals surface area contributed by atoms with Crippen molar-refractivity contribution < 1.29 is 13.6 Å². The molecule has 0 fully saturated rings. The van der Waals surface area contributed by atoms with Crippen molar-refractivity contribution in [1.29, 1.82) is 0 Å². The largest absolute Gasteiger partial charge is 0.350 e. The van der Waals surface area contributed by atoms with E-state index in [1.54, 1.807) is 24.8 Å². The molecule has 0 spiro atoms. The molecule has 0 bridgehead atoms. The molecule has 26 heavy (non-hydrogen) atoms. The molecular formula is C18H18F2N4OS. The summed E-state index contributed by atoms with van der Waals surface area (Å²) in [5.41, 5.74) is 2.76. The summed E-state index contributed by atoms with van der Waals surface area (Å²) in [6.07, 6.45) is 1.05. The zero-order valence-corrected chi connectivity index (χ0v) is 15.2. The van der Waals surface area contributed by atoms with Crippen LogP contribution < -0.4 is 5.32 Å². The summed E-state index contributed by atoms with van der Waals surface area (Å²) < 4.78 is 28.1. The maximum absolute atomic E-state index is 13.3. The molecule has 1 N–H and O–H groups in total. The van der Waals surface area contributed by atoms with Crippen molar-refractivity contribution in [1.82, 2.24) is 20.1 Å². The van der Waals surface area contributed by atoms with E-state index in [0.717, 1.165) is 16.7 Å². The summed E-state index contributed by atoms with van der Waals surface area (Å²) in [6.45, 7) is 2.30. The monoisotopic (exact) mass is 376 g/mol. The van der Waals surface area contributed by atoms with Crippen LogP contribution in [0.25, 0.3) is 11.1 Å². The predicted octanol–water partition coefficient (Wildman–Crippen LogP) is 3.76. The highest BCUT2D eigenvalue weighted by Gasteiger charge is 2.20. The zero-order valence-electron chi connectivity index (χ0n) is 14.4. The molecule has 0 aliphatic rings. The Bertz CT molecular complexity index is 906. The molecule has 2 aromatic heterocycles. The van der Waals surface area contributed by atoms with Gasteiger partial charge in [0.25, 0.3) is 12.3 Å². The van der Waals surface area contributed by atoms with Crippen LogP contribution in [0.4, 0.5) is 8.78 Å². The number of halogens is 2. The molecule has 0 aliphatic carbocycles. The number of rotatable bonds is 6. The number of carbonyl (C=O) groups excluding carboxylic acids is 1. The van der Waals surface area contributed by atoms with Gasteiger partial charge in [-0.05, 0) is 24.5 Å². The second-order valence-electron chi connectivity index (χ2n) is 5.91. The third-order valence-electron chi connectivity index (χ3n) is 3.93. The third-order valence-corrected chi connectivity index (χ3v) is 4.70. The fraction of sp³-hybridized carbons (Fsp3) is 0.278. The molecule has 0 saturated heterocycles. The Balaban J connectivity index is 1.82. The van der Waals surface area contributed by atoms with Crippen LogP contribution >= 0.6 is 11.3 Å². The average Bonchev–Trinajstić information content (AvgIpc) is 3.25. The molecule has 0 unspecified atom stereocenters. The van der Waals surface area contributed by atoms with E-state index in [0.29, 0.717) is 23.5 Å². The Kier molecular flexibility index (Phi) is 5.41. The van der Waals surface area contributed by atoms with Gasteiger partial charge in [-0.15, -0.1) is 11.3 Å². The molecule has 8 heteroatoms. The van der Waals surface area contributed by atoms with Crippen LogP contribution in [0, 0.1) is 6.92 Å². The first-order valence-electron chi connectivity index (χ1n) is 8.05. The van der Waals surface area contributed by atoms with E-state index in [2.05, 4.69) is 15.4 Å². The first-order chi connectivity index (χ1) is 12.5. The molecule has 1 amide bonds. The fourth-order valence-corrected chi connectivity index (χ4v) is 3.31. The molecular weight excluding hydrogens is 358 g/mol. The summed E-state index contributed by atoms with van der Waals surface area (Å²) in [5.74, 6) is -0.233. The lowest BCUT2D eigenvalue weighted by Gasteiger charge is -2.11. The molecule has 2 heterocycles. The van der Waals surface area contributed by atoms with Crippen LogP contribution in [0.2, 0.25) is 0 Å². The highest BCUT2D eigenvalue weighted by atomic mass is 32.1. The number of thiazole rings is 1. The molecule has 0 atom stereocenters. The first kappa shape index (κ1) is 18.2. The van der Waals surface area contributed by atoms with Crippen molar-refractivity contribution in [2.75, 3.05) is 6.54 Å². The standard InChI is InChI=1S/C18H18F2N4OS/c1-11-3-4-12(5-6-21-17(25)18-22-7-8-26-18)13(9-11)14-10-24(2)23-15(14)16(19)20/h3-4,7-10,16H,5-6H2,1-2H3,(H,21,25). The summed E-state index contributed by atoms with van der Waals surface area (Å²) >= 11 is 1.27. The molecule has 0 saturated carbocycles. The van der Waals surface area contributed by atoms with E-state index in [1.165, 1.54) is 16.0 Å². The van der Waals surface area contributed by atoms with Crippen LogP contribution in [0.5, 0.6) is 0 Å². The minimum Gasteiger partial charge on any atom is -0.350 e. The number of benzene rings is 1. The van der Waals surface area contributed by atoms with Crippen LogP contribution in [0.1, 0.15) is 33.0 Å². The van der Waals surface area contributed by atoms with Crippen LogP contribution in [-0.2, 0) is 13.5 Å². The van der Waals surface area contributed by atoms with E-state index in [1.807, 2.05) is 25.1 Å². The van der Waals surface area contributed by atoms with Gasteiger partial charge in [0.05, 0.1) is 0 Å². The minimum absolute atomic E-state index is 0.230. The summed E-state index contributed by atoms with van der Waals surface area (Å²) in [4.78, 5) is 15.9. The summed E-state index contributed by atoms with van der Waals surface area (Å²) in [5, 5.41) is 8.84. The van der Waals surface area contributed by atoms with Gasteiger partial charge in [0.15, 0.2) is 5.01 Å². The van der Waals surface area contributed by atoms with Crippen molar-refractivity contribution >= 4 is 17.2 Å². The number of alkyl halides is 2. The Morgan fingerprint density at radius 2 is 2.15 bits per heavy atom. The van der Waals surface area contributed by atoms with E-state index in [4.69, 9.17) is 0 Å². The van der Waals surface area contributed by atoms with Gasteiger partial charge in [-0.1, -0.05) is 23.8 Å². The fourth-order valence-electron chi connectivity index (χ4n) is 2.76. The van der Waals surface area contributed by atoms with Crippen molar-refractivity contribution in [3.63, 3.8) is 0 Å². The number of hydrogen-bond donors (Lipinski definition) is 1. The molecule has 3 aromatic rings. The Hall–Kier alpha value is -2.61. The van der Waals surface area contributed by atoms with E-state index < -0.39 is 6.43 Å². The predicted molar refractivity (Wildman–Crippen MR) is 96.5 cm³/mol. The Morgan fingerprint density at radius 3 is 2.85 bits per heavy atom. The smallest absolute Gasteiger partial charge is 0.282 e. The molecule has 1 aromatic carbocycles. The molecule has 0 radical (unpaired) electrons. The van der Waals surface area contributed by atoms with Gasteiger partial charge in [-0.2, -0.15) is 5.10 Å². The van der Waals surface area contributed by atoms with Crippen molar-refractivity contribution in [3.8, 4) is 11.1 Å². The van der Waals surface area contributed by atoms with Gasteiger partial charge >= 0.3 is 0 Å². The SMILES string of the molecule is Cc1ccc(CCNC(=O)c2nccs2)c(-c2cn(C)nc2C(F)F)c1. The van der Waals surface area contributed by atoms with Gasteiger partial charge in [-0.25, -0.2) is 13.8 Å².